The largest absolute Gasteiger partial charge is 0.387 e. The molecule has 10 heavy (non-hydrogen) atoms. The average Bonchev–Trinajstić information content (AvgIpc) is 2.13. The van der Waals surface area contributed by atoms with Gasteiger partial charge in [-0.2, -0.15) is 0 Å². The molecule has 1 aromatic heterocycles. The second-order valence-corrected chi connectivity index (χ2v) is 4.46. The van der Waals surface area contributed by atoms with Gasteiger partial charge in [-0.05, 0) is 28.1 Å². The van der Waals surface area contributed by atoms with Crippen LogP contribution in [0.4, 0.5) is 0 Å². The van der Waals surface area contributed by atoms with Gasteiger partial charge in [0.25, 0.3) is 0 Å². The molecule has 0 radical (unpaired) electrons. The Morgan fingerprint density at radius 2 is 2.40 bits per heavy atom. The molecule has 0 aliphatic carbocycles. The Balaban J connectivity index is 2.67. The first-order valence-corrected chi connectivity index (χ1v) is 4.36. The summed E-state index contributed by atoms with van der Waals surface area (Å²) in [5.41, 5.74) is 5.21. The standard InChI is InChI=1S/C6H7BrN2S/c7-5-2-1-4(10-5)3-6(8)9/h1-2H,3H2,(H3,8,9). The van der Waals surface area contributed by atoms with Crippen molar-refractivity contribution in [1.82, 2.24) is 0 Å². The maximum atomic E-state index is 7.01. The van der Waals surface area contributed by atoms with Crippen LogP contribution in [0.3, 0.4) is 0 Å². The molecule has 4 heteroatoms. The zero-order valence-corrected chi connectivity index (χ0v) is 7.63. The fourth-order valence-electron chi connectivity index (χ4n) is 0.634. The van der Waals surface area contributed by atoms with Gasteiger partial charge in [0.05, 0.1) is 9.62 Å². The summed E-state index contributed by atoms with van der Waals surface area (Å²) in [6.45, 7) is 0. The fourth-order valence-corrected chi connectivity index (χ4v) is 2.14. The van der Waals surface area contributed by atoms with Gasteiger partial charge >= 0.3 is 0 Å². The monoisotopic (exact) mass is 218 g/mol. The fraction of sp³-hybridized carbons (Fsp3) is 0.167. The summed E-state index contributed by atoms with van der Waals surface area (Å²) in [6, 6.07) is 3.93. The van der Waals surface area contributed by atoms with E-state index in [0.29, 0.717) is 6.42 Å². The molecule has 0 saturated heterocycles. The van der Waals surface area contributed by atoms with E-state index in [1.165, 1.54) is 0 Å². The van der Waals surface area contributed by atoms with Gasteiger partial charge in [-0.25, -0.2) is 0 Å². The first kappa shape index (κ1) is 7.75. The Kier molecular flexibility index (Phi) is 2.45. The molecular formula is C6H7BrN2S. The molecule has 54 valence electrons. The molecule has 3 N–H and O–H groups in total. The van der Waals surface area contributed by atoms with Crippen molar-refractivity contribution in [3.8, 4) is 0 Å². The van der Waals surface area contributed by atoms with Gasteiger partial charge in [0, 0.05) is 11.3 Å². The van der Waals surface area contributed by atoms with Gasteiger partial charge in [-0.3, -0.25) is 5.41 Å². The smallest absolute Gasteiger partial charge is 0.0958 e. The molecule has 0 bridgehead atoms. The lowest BCUT2D eigenvalue weighted by Crippen LogP contribution is -2.11. The van der Waals surface area contributed by atoms with E-state index in [1.54, 1.807) is 11.3 Å². The van der Waals surface area contributed by atoms with Crippen LogP contribution in [0, 0.1) is 5.41 Å². The first-order valence-electron chi connectivity index (χ1n) is 2.75. The lowest BCUT2D eigenvalue weighted by molar-refractivity contribution is 1.29. The van der Waals surface area contributed by atoms with Crippen LogP contribution < -0.4 is 5.73 Å². The van der Waals surface area contributed by atoms with E-state index in [0.717, 1.165) is 8.66 Å². The number of hydrogen-bond acceptors (Lipinski definition) is 2. The minimum atomic E-state index is 0.217. The van der Waals surface area contributed by atoms with Gasteiger partial charge in [-0.15, -0.1) is 11.3 Å². The Hall–Kier alpha value is -0.350. The van der Waals surface area contributed by atoms with E-state index in [1.807, 2.05) is 12.1 Å². The van der Waals surface area contributed by atoms with E-state index in [4.69, 9.17) is 11.1 Å². The van der Waals surface area contributed by atoms with E-state index in [2.05, 4.69) is 15.9 Å². The number of nitrogens with two attached hydrogens (primary N) is 1. The molecular weight excluding hydrogens is 212 g/mol. The Morgan fingerprint density at radius 1 is 1.70 bits per heavy atom. The summed E-state index contributed by atoms with van der Waals surface area (Å²) in [5, 5.41) is 7.01. The lowest BCUT2D eigenvalue weighted by atomic mass is 10.3. The Bertz CT molecular complexity index is 244. The lowest BCUT2D eigenvalue weighted by Gasteiger charge is -1.90. The van der Waals surface area contributed by atoms with Crippen molar-refractivity contribution in [2.75, 3.05) is 0 Å². The molecule has 1 rings (SSSR count). The van der Waals surface area contributed by atoms with Crippen LogP contribution in [0.2, 0.25) is 0 Å². The van der Waals surface area contributed by atoms with Crippen LogP contribution in [0.1, 0.15) is 4.88 Å². The third kappa shape index (κ3) is 2.11. The van der Waals surface area contributed by atoms with Gasteiger partial charge in [0.1, 0.15) is 0 Å². The molecule has 0 atom stereocenters. The molecule has 0 aliphatic rings. The minimum Gasteiger partial charge on any atom is -0.387 e. The minimum absolute atomic E-state index is 0.217. The molecule has 0 amide bonds. The summed E-state index contributed by atoms with van der Waals surface area (Å²) < 4.78 is 1.09. The SMILES string of the molecule is N=C(N)Cc1ccc(Br)s1. The highest BCUT2D eigenvalue weighted by Gasteiger charge is 1.97. The Labute approximate surface area is 71.7 Å². The van der Waals surface area contributed by atoms with Crippen molar-refractivity contribution in [3.05, 3.63) is 20.8 Å². The third-order valence-corrected chi connectivity index (χ3v) is 2.62. The van der Waals surface area contributed by atoms with Crippen molar-refractivity contribution in [2.45, 2.75) is 6.42 Å². The predicted octanol–water partition coefficient (Wildman–Crippen LogP) is 1.99. The number of halogens is 1. The Morgan fingerprint density at radius 3 is 2.80 bits per heavy atom. The van der Waals surface area contributed by atoms with Crippen molar-refractivity contribution in [1.29, 1.82) is 5.41 Å². The van der Waals surface area contributed by atoms with Crippen LogP contribution in [0.5, 0.6) is 0 Å². The van der Waals surface area contributed by atoms with Gasteiger partial charge in [0.2, 0.25) is 0 Å². The van der Waals surface area contributed by atoms with E-state index >= 15 is 0 Å². The summed E-state index contributed by atoms with van der Waals surface area (Å²) in [5.74, 6) is 0.217. The van der Waals surface area contributed by atoms with E-state index in [9.17, 15) is 0 Å². The number of thiophene rings is 1. The number of hydrogen-bond donors (Lipinski definition) is 2. The summed E-state index contributed by atoms with van der Waals surface area (Å²) >= 11 is 4.94. The number of amidine groups is 1. The van der Waals surface area contributed by atoms with Gasteiger partial charge in [-0.1, -0.05) is 0 Å². The van der Waals surface area contributed by atoms with Crippen LogP contribution >= 0.6 is 27.3 Å². The highest BCUT2D eigenvalue weighted by atomic mass is 79.9. The highest BCUT2D eigenvalue weighted by molar-refractivity contribution is 9.11. The zero-order chi connectivity index (χ0) is 7.56. The van der Waals surface area contributed by atoms with Crippen LogP contribution in [-0.2, 0) is 6.42 Å². The molecule has 0 aliphatic heterocycles. The normalized spacial score (nSPS) is 9.70. The van der Waals surface area contributed by atoms with Crippen molar-refractivity contribution in [2.24, 2.45) is 5.73 Å². The molecule has 1 heterocycles. The maximum Gasteiger partial charge on any atom is 0.0958 e. The quantitative estimate of drug-likeness (QED) is 0.580. The molecule has 0 aromatic carbocycles. The maximum absolute atomic E-state index is 7.01. The van der Waals surface area contributed by atoms with E-state index < -0.39 is 0 Å². The average molecular weight is 219 g/mol. The summed E-state index contributed by atoms with van der Waals surface area (Å²) in [7, 11) is 0. The molecule has 2 nitrogen and oxygen atoms in total. The topological polar surface area (TPSA) is 49.9 Å². The molecule has 0 saturated carbocycles. The molecule has 1 aromatic rings. The van der Waals surface area contributed by atoms with Crippen LogP contribution in [-0.4, -0.2) is 5.84 Å². The van der Waals surface area contributed by atoms with Crippen molar-refractivity contribution >= 4 is 33.1 Å². The van der Waals surface area contributed by atoms with Crippen LogP contribution in [0.25, 0.3) is 0 Å². The third-order valence-electron chi connectivity index (χ3n) is 0.994. The highest BCUT2D eigenvalue weighted by Crippen LogP contribution is 2.21. The second kappa shape index (κ2) is 3.16. The second-order valence-electron chi connectivity index (χ2n) is 1.91. The van der Waals surface area contributed by atoms with Crippen molar-refractivity contribution in [3.63, 3.8) is 0 Å². The van der Waals surface area contributed by atoms with Gasteiger partial charge < -0.3 is 5.73 Å². The summed E-state index contributed by atoms with van der Waals surface area (Å²) in [6.07, 6.45) is 0.566. The first-order chi connectivity index (χ1) is 4.68. The van der Waals surface area contributed by atoms with Crippen LogP contribution in [0.15, 0.2) is 15.9 Å². The number of nitrogens with one attached hydrogen (secondary N) is 1. The van der Waals surface area contributed by atoms with Crippen molar-refractivity contribution < 1.29 is 0 Å². The van der Waals surface area contributed by atoms with E-state index in [-0.39, 0.29) is 5.84 Å². The molecule has 0 fully saturated rings. The zero-order valence-electron chi connectivity index (χ0n) is 5.23. The van der Waals surface area contributed by atoms with Gasteiger partial charge in [0.15, 0.2) is 0 Å². The summed E-state index contributed by atoms with van der Waals surface area (Å²) in [4.78, 5) is 1.12. The number of rotatable bonds is 2. The molecule has 0 unspecified atom stereocenters. The predicted molar refractivity (Wildman–Crippen MR) is 47.6 cm³/mol. The molecule has 0 spiro atoms.